The highest BCUT2D eigenvalue weighted by Gasteiger charge is 2.52. The number of nitrogens with one attached hydrogen (secondary N) is 1. The maximum atomic E-state index is 12.1. The molecule has 2 aliphatic rings. The summed E-state index contributed by atoms with van der Waals surface area (Å²) in [6.45, 7) is 3.22. The SMILES string of the molecule is CC(=O)N[C@@H]1[C@H](OCc2ccccc2)O[C@H]2CO[C@@H](c3ccccc3)O[C@H]2[C@H]1O[C@H](C)C(=O)O. The van der Waals surface area contributed by atoms with E-state index in [4.69, 9.17) is 23.7 Å². The van der Waals surface area contributed by atoms with E-state index < -0.39 is 49.0 Å². The number of carbonyl (C=O) groups is 2. The molecule has 2 saturated heterocycles. The van der Waals surface area contributed by atoms with Crippen LogP contribution in [-0.2, 0) is 39.9 Å². The van der Waals surface area contributed by atoms with Gasteiger partial charge in [0.15, 0.2) is 18.7 Å². The number of carbonyl (C=O) groups excluding carboxylic acids is 1. The minimum atomic E-state index is -1.14. The molecule has 2 fully saturated rings. The molecule has 182 valence electrons. The quantitative estimate of drug-likeness (QED) is 0.604. The highest BCUT2D eigenvalue weighted by Crippen LogP contribution is 2.36. The molecule has 34 heavy (non-hydrogen) atoms. The van der Waals surface area contributed by atoms with Gasteiger partial charge in [0.2, 0.25) is 5.91 Å². The van der Waals surface area contributed by atoms with Gasteiger partial charge in [-0.3, -0.25) is 4.79 Å². The van der Waals surface area contributed by atoms with Gasteiger partial charge < -0.3 is 34.1 Å². The lowest BCUT2D eigenvalue weighted by Crippen LogP contribution is -2.67. The Balaban J connectivity index is 1.59. The van der Waals surface area contributed by atoms with E-state index in [0.29, 0.717) is 0 Å². The van der Waals surface area contributed by atoms with Crippen molar-refractivity contribution in [2.75, 3.05) is 6.61 Å². The van der Waals surface area contributed by atoms with Crippen LogP contribution in [0.3, 0.4) is 0 Å². The molecule has 0 aromatic heterocycles. The van der Waals surface area contributed by atoms with Gasteiger partial charge >= 0.3 is 5.97 Å². The number of fused-ring (bicyclic) bond motifs is 1. The first kappa shape index (κ1) is 24.3. The Labute approximate surface area is 197 Å². The molecule has 0 aliphatic carbocycles. The molecular formula is C25H29NO8. The number of carboxylic acid groups (broad SMARTS) is 1. The third-order valence-electron chi connectivity index (χ3n) is 5.75. The summed E-state index contributed by atoms with van der Waals surface area (Å²) in [6, 6.07) is 18.1. The third-order valence-corrected chi connectivity index (χ3v) is 5.75. The number of carboxylic acids is 1. The van der Waals surface area contributed by atoms with Crippen LogP contribution in [0, 0.1) is 0 Å². The molecule has 7 atom stereocenters. The van der Waals surface area contributed by atoms with Gasteiger partial charge in [-0.05, 0) is 12.5 Å². The number of rotatable bonds is 8. The molecule has 2 aliphatic heterocycles. The lowest BCUT2D eigenvalue weighted by Gasteiger charge is -2.49. The summed E-state index contributed by atoms with van der Waals surface area (Å²) in [5, 5.41) is 12.3. The molecule has 0 unspecified atom stereocenters. The first-order valence-electron chi connectivity index (χ1n) is 11.2. The van der Waals surface area contributed by atoms with E-state index in [-0.39, 0.29) is 19.1 Å². The monoisotopic (exact) mass is 471 g/mol. The predicted molar refractivity (Wildman–Crippen MR) is 119 cm³/mol. The lowest BCUT2D eigenvalue weighted by atomic mass is 9.95. The second kappa shape index (κ2) is 11.1. The van der Waals surface area contributed by atoms with E-state index in [1.165, 1.54) is 13.8 Å². The molecule has 2 aromatic carbocycles. The van der Waals surface area contributed by atoms with Crippen molar-refractivity contribution in [1.29, 1.82) is 0 Å². The van der Waals surface area contributed by atoms with Crippen molar-refractivity contribution in [1.82, 2.24) is 5.32 Å². The number of hydrogen-bond donors (Lipinski definition) is 2. The van der Waals surface area contributed by atoms with Crippen LogP contribution in [0.4, 0.5) is 0 Å². The number of amides is 1. The molecule has 4 rings (SSSR count). The molecule has 2 aromatic rings. The first-order chi connectivity index (χ1) is 16.4. The van der Waals surface area contributed by atoms with Crippen LogP contribution in [0.15, 0.2) is 60.7 Å². The van der Waals surface area contributed by atoms with Crippen molar-refractivity contribution in [3.8, 4) is 0 Å². The van der Waals surface area contributed by atoms with Crippen LogP contribution >= 0.6 is 0 Å². The van der Waals surface area contributed by atoms with Gasteiger partial charge in [-0.25, -0.2) is 4.79 Å². The van der Waals surface area contributed by atoms with Crippen molar-refractivity contribution in [3.63, 3.8) is 0 Å². The van der Waals surface area contributed by atoms with E-state index in [1.807, 2.05) is 60.7 Å². The van der Waals surface area contributed by atoms with Gasteiger partial charge in [0, 0.05) is 12.5 Å². The smallest absolute Gasteiger partial charge is 0.332 e. The standard InChI is InChI=1S/C25H29NO8/c1-15(23(28)29)32-22-20(26-16(2)27)25(30-13-17-9-5-3-6-10-17)33-19-14-31-24(34-21(19)22)18-11-7-4-8-12-18/h3-12,15,19-22,24-25H,13-14H2,1-2H3,(H,26,27)(H,28,29)/t15-,19+,20+,21-,22+,24-,25-/m1/s1. The Hall–Kier alpha value is -2.82. The summed E-state index contributed by atoms with van der Waals surface area (Å²) in [6.07, 6.45) is -4.87. The van der Waals surface area contributed by atoms with Crippen molar-refractivity contribution in [2.45, 2.75) is 63.5 Å². The minimum absolute atomic E-state index is 0.184. The predicted octanol–water partition coefficient (Wildman–Crippen LogP) is 2.41. The van der Waals surface area contributed by atoms with E-state index >= 15 is 0 Å². The molecule has 0 spiro atoms. The summed E-state index contributed by atoms with van der Waals surface area (Å²) in [5.41, 5.74) is 1.73. The topological polar surface area (TPSA) is 113 Å². The van der Waals surface area contributed by atoms with E-state index in [9.17, 15) is 14.7 Å². The fourth-order valence-electron chi connectivity index (χ4n) is 4.09. The molecule has 9 nitrogen and oxygen atoms in total. The van der Waals surface area contributed by atoms with Crippen molar-refractivity contribution in [3.05, 3.63) is 71.8 Å². The summed E-state index contributed by atoms with van der Waals surface area (Å²) in [5.74, 6) is -1.46. The third kappa shape index (κ3) is 5.81. The number of ether oxygens (including phenoxy) is 5. The largest absolute Gasteiger partial charge is 0.479 e. The highest BCUT2D eigenvalue weighted by molar-refractivity contribution is 5.73. The molecule has 2 heterocycles. The summed E-state index contributed by atoms with van der Waals surface area (Å²) >= 11 is 0. The normalized spacial score (nSPS) is 29.6. The average molecular weight is 472 g/mol. The van der Waals surface area contributed by atoms with Crippen molar-refractivity contribution < 1.29 is 38.4 Å². The Morgan fingerprint density at radius 3 is 2.41 bits per heavy atom. The number of aliphatic carboxylic acids is 1. The van der Waals surface area contributed by atoms with Crippen LogP contribution in [0.2, 0.25) is 0 Å². The molecule has 9 heteroatoms. The molecule has 0 bridgehead atoms. The zero-order chi connectivity index (χ0) is 24.1. The number of hydrogen-bond acceptors (Lipinski definition) is 7. The maximum absolute atomic E-state index is 12.1. The molecular weight excluding hydrogens is 442 g/mol. The van der Waals surface area contributed by atoms with Gasteiger partial charge in [0.25, 0.3) is 0 Å². The lowest BCUT2D eigenvalue weighted by molar-refractivity contribution is -0.351. The van der Waals surface area contributed by atoms with E-state index in [0.717, 1.165) is 11.1 Å². The van der Waals surface area contributed by atoms with Gasteiger partial charge in [-0.15, -0.1) is 0 Å². The van der Waals surface area contributed by atoms with Gasteiger partial charge in [-0.1, -0.05) is 60.7 Å². The maximum Gasteiger partial charge on any atom is 0.332 e. The second-order valence-corrected chi connectivity index (χ2v) is 8.32. The molecule has 1 amide bonds. The highest BCUT2D eigenvalue weighted by atomic mass is 16.8. The average Bonchev–Trinajstić information content (AvgIpc) is 2.84. The fourth-order valence-corrected chi connectivity index (χ4v) is 4.09. The van der Waals surface area contributed by atoms with E-state index in [2.05, 4.69) is 5.32 Å². The van der Waals surface area contributed by atoms with Crippen LogP contribution in [0.1, 0.15) is 31.3 Å². The van der Waals surface area contributed by atoms with Gasteiger partial charge in [-0.2, -0.15) is 0 Å². The molecule has 0 radical (unpaired) electrons. The Bertz CT molecular complexity index is 956. The van der Waals surface area contributed by atoms with Gasteiger partial charge in [0.05, 0.1) is 13.2 Å². The Morgan fingerprint density at radius 1 is 1.09 bits per heavy atom. The minimum Gasteiger partial charge on any atom is -0.479 e. The molecule has 0 saturated carbocycles. The zero-order valence-electron chi connectivity index (χ0n) is 19.0. The van der Waals surface area contributed by atoms with E-state index in [1.54, 1.807) is 0 Å². The van der Waals surface area contributed by atoms with Crippen LogP contribution in [0.25, 0.3) is 0 Å². The Morgan fingerprint density at radius 2 is 1.76 bits per heavy atom. The first-order valence-corrected chi connectivity index (χ1v) is 11.2. The van der Waals surface area contributed by atoms with Gasteiger partial charge in [0.1, 0.15) is 24.4 Å². The fraction of sp³-hybridized carbons (Fsp3) is 0.440. The Kier molecular flexibility index (Phi) is 7.91. The summed E-state index contributed by atoms with van der Waals surface area (Å²) in [7, 11) is 0. The molecule has 2 N–H and O–H groups in total. The zero-order valence-corrected chi connectivity index (χ0v) is 19.0. The van der Waals surface area contributed by atoms with Crippen LogP contribution in [-0.4, -0.2) is 60.3 Å². The number of benzene rings is 2. The van der Waals surface area contributed by atoms with Crippen LogP contribution < -0.4 is 5.32 Å². The van der Waals surface area contributed by atoms with Crippen molar-refractivity contribution in [2.24, 2.45) is 0 Å². The van der Waals surface area contributed by atoms with Crippen LogP contribution in [0.5, 0.6) is 0 Å². The van der Waals surface area contributed by atoms with Crippen molar-refractivity contribution >= 4 is 11.9 Å². The second-order valence-electron chi connectivity index (χ2n) is 8.32. The summed E-state index contributed by atoms with van der Waals surface area (Å²) in [4.78, 5) is 23.7. The summed E-state index contributed by atoms with van der Waals surface area (Å²) < 4.78 is 30.3.